The molecule has 0 saturated heterocycles. The lowest BCUT2D eigenvalue weighted by Gasteiger charge is -2.09. The van der Waals surface area contributed by atoms with E-state index in [0.717, 1.165) is 10.8 Å². The summed E-state index contributed by atoms with van der Waals surface area (Å²) >= 11 is 1.75. The van der Waals surface area contributed by atoms with Gasteiger partial charge in [-0.3, -0.25) is 0 Å². The van der Waals surface area contributed by atoms with Gasteiger partial charge in [-0.05, 0) is 26.0 Å². The van der Waals surface area contributed by atoms with Crippen molar-refractivity contribution >= 4 is 22.2 Å². The second-order valence-corrected chi connectivity index (χ2v) is 6.10. The monoisotopic (exact) mass is 295 g/mol. The lowest BCUT2D eigenvalue weighted by atomic mass is 10.1. The quantitative estimate of drug-likeness (QED) is 0.668. The molecule has 0 unspecified atom stereocenters. The van der Waals surface area contributed by atoms with Crippen LogP contribution in [0.3, 0.4) is 0 Å². The Balaban J connectivity index is 2.01. The van der Waals surface area contributed by atoms with E-state index in [0.29, 0.717) is 6.04 Å². The summed E-state index contributed by atoms with van der Waals surface area (Å²) in [5.74, 6) is 0. The van der Waals surface area contributed by atoms with Gasteiger partial charge in [-0.2, -0.15) is 0 Å². The van der Waals surface area contributed by atoms with Crippen molar-refractivity contribution in [1.29, 1.82) is 0 Å². The first-order valence-corrected chi connectivity index (χ1v) is 8.04. The van der Waals surface area contributed by atoms with Gasteiger partial charge in [-0.25, -0.2) is 9.88 Å². The molecule has 0 aliphatic rings. The minimum Gasteiger partial charge on any atom is -0.231 e. The SMILES string of the molecule is CC(C)[n+]1c(-c2ccccc2)csc1Nc1ccccc1. The molecule has 2 aromatic carbocycles. The Kier molecular flexibility index (Phi) is 4.02. The predicted molar refractivity (Wildman–Crippen MR) is 90.1 cm³/mol. The fraction of sp³-hybridized carbons (Fsp3) is 0.167. The van der Waals surface area contributed by atoms with E-state index in [1.165, 1.54) is 11.3 Å². The smallest absolute Gasteiger partial charge is 0.231 e. The molecule has 0 amide bonds. The first kappa shape index (κ1) is 13.8. The van der Waals surface area contributed by atoms with Crippen molar-refractivity contribution in [2.45, 2.75) is 19.9 Å². The van der Waals surface area contributed by atoms with Crippen LogP contribution in [0.15, 0.2) is 66.0 Å². The molecule has 106 valence electrons. The number of benzene rings is 2. The van der Waals surface area contributed by atoms with Gasteiger partial charge in [0.2, 0.25) is 0 Å². The Labute approximate surface area is 129 Å². The summed E-state index contributed by atoms with van der Waals surface area (Å²) in [6.07, 6.45) is 0. The number of hydrogen-bond donors (Lipinski definition) is 1. The maximum Gasteiger partial charge on any atom is 0.339 e. The maximum absolute atomic E-state index is 3.53. The van der Waals surface area contributed by atoms with E-state index in [1.54, 1.807) is 11.3 Å². The fourth-order valence-corrected chi connectivity index (χ4v) is 3.47. The molecule has 0 radical (unpaired) electrons. The molecule has 21 heavy (non-hydrogen) atoms. The van der Waals surface area contributed by atoms with Crippen LogP contribution in [-0.2, 0) is 0 Å². The van der Waals surface area contributed by atoms with Gasteiger partial charge in [0.25, 0.3) is 0 Å². The normalized spacial score (nSPS) is 10.8. The van der Waals surface area contributed by atoms with Crippen molar-refractivity contribution in [3.8, 4) is 11.3 Å². The van der Waals surface area contributed by atoms with E-state index in [1.807, 2.05) is 18.2 Å². The maximum atomic E-state index is 3.53. The van der Waals surface area contributed by atoms with Gasteiger partial charge in [-0.15, -0.1) is 0 Å². The Morgan fingerprint density at radius 1 is 0.905 bits per heavy atom. The summed E-state index contributed by atoms with van der Waals surface area (Å²) in [6, 6.07) is 21.3. The van der Waals surface area contributed by atoms with E-state index < -0.39 is 0 Å². The molecule has 2 nitrogen and oxygen atoms in total. The summed E-state index contributed by atoms with van der Waals surface area (Å²) in [4.78, 5) is 0. The lowest BCUT2D eigenvalue weighted by Crippen LogP contribution is -2.38. The number of rotatable bonds is 4. The van der Waals surface area contributed by atoms with Crippen LogP contribution < -0.4 is 9.88 Å². The van der Waals surface area contributed by atoms with Gasteiger partial charge in [-0.1, -0.05) is 59.9 Å². The third-order valence-corrected chi connectivity index (χ3v) is 4.23. The Morgan fingerprint density at radius 3 is 2.14 bits per heavy atom. The molecule has 1 N–H and O–H groups in total. The molecule has 3 heteroatoms. The molecule has 0 bridgehead atoms. The molecule has 0 fully saturated rings. The van der Waals surface area contributed by atoms with E-state index in [4.69, 9.17) is 0 Å². The summed E-state index contributed by atoms with van der Waals surface area (Å²) in [6.45, 7) is 4.44. The van der Waals surface area contributed by atoms with Crippen LogP contribution >= 0.6 is 11.3 Å². The number of aromatic nitrogens is 1. The third kappa shape index (κ3) is 2.98. The standard InChI is InChI=1S/C18H18N2S/c1-14(2)20-17(15-9-5-3-6-10-15)13-21-18(20)19-16-11-7-4-8-12-16/h3-14H,1-2H3/p+1. The topological polar surface area (TPSA) is 15.9 Å². The van der Waals surface area contributed by atoms with Gasteiger partial charge >= 0.3 is 5.13 Å². The highest BCUT2D eigenvalue weighted by atomic mass is 32.1. The summed E-state index contributed by atoms with van der Waals surface area (Å²) in [5.41, 5.74) is 3.63. The van der Waals surface area contributed by atoms with Gasteiger partial charge in [0, 0.05) is 10.9 Å². The van der Waals surface area contributed by atoms with Crippen LogP contribution in [0.5, 0.6) is 0 Å². The second-order valence-electron chi connectivity index (χ2n) is 5.25. The second kappa shape index (κ2) is 6.10. The van der Waals surface area contributed by atoms with Crippen LogP contribution in [0.2, 0.25) is 0 Å². The largest absolute Gasteiger partial charge is 0.339 e. The molecule has 0 aliphatic carbocycles. The highest BCUT2D eigenvalue weighted by molar-refractivity contribution is 7.13. The third-order valence-electron chi connectivity index (χ3n) is 3.37. The summed E-state index contributed by atoms with van der Waals surface area (Å²) in [5, 5.41) is 6.91. The zero-order valence-electron chi connectivity index (χ0n) is 12.3. The molecule has 0 saturated carbocycles. The van der Waals surface area contributed by atoms with E-state index in [9.17, 15) is 0 Å². The molecule has 1 heterocycles. The first-order chi connectivity index (χ1) is 10.3. The van der Waals surface area contributed by atoms with Crippen molar-refractivity contribution in [2.75, 3.05) is 5.32 Å². The number of hydrogen-bond acceptors (Lipinski definition) is 2. The first-order valence-electron chi connectivity index (χ1n) is 7.16. The zero-order valence-corrected chi connectivity index (χ0v) is 13.1. The van der Waals surface area contributed by atoms with Crippen molar-refractivity contribution < 1.29 is 4.57 Å². The number of para-hydroxylation sites is 1. The van der Waals surface area contributed by atoms with Crippen LogP contribution in [0.25, 0.3) is 11.3 Å². The van der Waals surface area contributed by atoms with Crippen molar-refractivity contribution in [3.05, 3.63) is 66.0 Å². The fourth-order valence-electron chi connectivity index (χ4n) is 2.40. The Morgan fingerprint density at radius 2 is 1.52 bits per heavy atom. The predicted octanol–water partition coefficient (Wildman–Crippen LogP) is 5.03. The van der Waals surface area contributed by atoms with Crippen LogP contribution in [-0.4, -0.2) is 0 Å². The van der Waals surface area contributed by atoms with Crippen LogP contribution in [0, 0.1) is 0 Å². The van der Waals surface area contributed by atoms with Gasteiger partial charge in [0.05, 0.1) is 6.04 Å². The average Bonchev–Trinajstić information content (AvgIpc) is 2.93. The van der Waals surface area contributed by atoms with Crippen molar-refractivity contribution in [2.24, 2.45) is 0 Å². The molecule has 3 rings (SSSR count). The lowest BCUT2D eigenvalue weighted by molar-refractivity contribution is -0.688. The van der Waals surface area contributed by atoms with Crippen molar-refractivity contribution in [1.82, 2.24) is 0 Å². The highest BCUT2D eigenvalue weighted by Gasteiger charge is 2.21. The minimum absolute atomic E-state index is 0.401. The summed E-state index contributed by atoms with van der Waals surface area (Å²) in [7, 11) is 0. The number of nitrogens with zero attached hydrogens (tertiary/aromatic N) is 1. The molecule has 0 aliphatic heterocycles. The molecular formula is C18H19N2S+. The highest BCUT2D eigenvalue weighted by Crippen LogP contribution is 2.27. The van der Waals surface area contributed by atoms with E-state index in [2.05, 4.69) is 71.6 Å². The van der Waals surface area contributed by atoms with E-state index >= 15 is 0 Å². The molecule has 3 aromatic rings. The molecule has 0 spiro atoms. The molecule has 0 atom stereocenters. The van der Waals surface area contributed by atoms with Crippen LogP contribution in [0.1, 0.15) is 19.9 Å². The number of thiazole rings is 1. The average molecular weight is 295 g/mol. The number of anilines is 2. The Hall–Kier alpha value is -2.13. The van der Waals surface area contributed by atoms with E-state index in [-0.39, 0.29) is 0 Å². The van der Waals surface area contributed by atoms with Crippen molar-refractivity contribution in [3.63, 3.8) is 0 Å². The van der Waals surface area contributed by atoms with Crippen LogP contribution in [0.4, 0.5) is 10.8 Å². The molecule has 1 aromatic heterocycles. The minimum atomic E-state index is 0.401. The summed E-state index contributed by atoms with van der Waals surface area (Å²) < 4.78 is 2.35. The van der Waals surface area contributed by atoms with Gasteiger partial charge < -0.3 is 0 Å². The molecular weight excluding hydrogens is 276 g/mol. The van der Waals surface area contributed by atoms with Gasteiger partial charge in [0.1, 0.15) is 11.4 Å². The zero-order chi connectivity index (χ0) is 14.7. The Bertz CT molecular complexity index is 703. The number of nitrogens with one attached hydrogen (secondary N) is 1. The van der Waals surface area contributed by atoms with Gasteiger partial charge in [0.15, 0.2) is 0 Å².